The number of nitrogens with one attached hydrogen (secondary N) is 1. The van der Waals surface area contributed by atoms with Crippen molar-refractivity contribution in [2.45, 2.75) is 32.6 Å². The Morgan fingerprint density at radius 3 is 2.76 bits per heavy atom. The summed E-state index contributed by atoms with van der Waals surface area (Å²) < 4.78 is 0. The van der Waals surface area contributed by atoms with Crippen molar-refractivity contribution >= 4 is 11.9 Å². The first kappa shape index (κ1) is 17.2. The molecular weight excluding hydrogens is 318 g/mol. The van der Waals surface area contributed by atoms with E-state index in [-0.39, 0.29) is 18.4 Å². The van der Waals surface area contributed by atoms with E-state index in [1.54, 1.807) is 11.0 Å². The lowest BCUT2D eigenvalue weighted by atomic mass is 9.86. The van der Waals surface area contributed by atoms with Gasteiger partial charge in [-0.2, -0.15) is 5.10 Å². The third-order valence-electron chi connectivity index (χ3n) is 4.88. The molecule has 1 aliphatic rings. The molecule has 1 amide bonds. The number of aromatic nitrogens is 2. The number of carbonyl (C=O) groups excluding carboxylic acids is 1. The van der Waals surface area contributed by atoms with Crippen molar-refractivity contribution in [3.05, 3.63) is 52.8 Å². The topological polar surface area (TPSA) is 86.3 Å². The van der Waals surface area contributed by atoms with E-state index in [9.17, 15) is 14.7 Å². The highest BCUT2D eigenvalue weighted by Gasteiger charge is 2.41. The van der Waals surface area contributed by atoms with Crippen molar-refractivity contribution in [2.24, 2.45) is 5.92 Å². The normalized spacial score (nSPS) is 20.0. The molecule has 1 fully saturated rings. The minimum atomic E-state index is -0.864. The van der Waals surface area contributed by atoms with Gasteiger partial charge in [-0.25, -0.2) is 0 Å². The van der Waals surface area contributed by atoms with Gasteiger partial charge in [0.2, 0.25) is 0 Å². The van der Waals surface area contributed by atoms with Crippen LogP contribution in [0, 0.1) is 12.8 Å². The lowest BCUT2D eigenvalue weighted by molar-refractivity contribution is -0.141. The molecule has 0 unspecified atom stereocenters. The maximum Gasteiger partial charge on any atom is 0.308 e. The summed E-state index contributed by atoms with van der Waals surface area (Å²) in [6.07, 6.45) is 1.81. The van der Waals surface area contributed by atoms with Gasteiger partial charge in [-0.3, -0.25) is 14.7 Å². The van der Waals surface area contributed by atoms with Crippen molar-refractivity contribution in [1.82, 2.24) is 15.1 Å². The smallest absolute Gasteiger partial charge is 0.308 e. The molecule has 1 saturated heterocycles. The molecule has 1 aromatic carbocycles. The fraction of sp³-hybridized carbons (Fsp3) is 0.421. The van der Waals surface area contributed by atoms with Gasteiger partial charge in [0.25, 0.3) is 5.91 Å². The molecule has 6 heteroatoms. The summed E-state index contributed by atoms with van der Waals surface area (Å²) in [7, 11) is 0. The Hall–Kier alpha value is -2.63. The van der Waals surface area contributed by atoms with Gasteiger partial charge in [0.15, 0.2) is 0 Å². The number of rotatable bonds is 5. The number of carboxylic acid groups (broad SMARTS) is 1. The van der Waals surface area contributed by atoms with E-state index >= 15 is 0 Å². The Kier molecular flexibility index (Phi) is 4.88. The number of aryl methyl sites for hydroxylation is 2. The Morgan fingerprint density at radius 1 is 1.32 bits per heavy atom. The van der Waals surface area contributed by atoms with Crippen LogP contribution in [0.15, 0.2) is 30.3 Å². The van der Waals surface area contributed by atoms with E-state index in [0.29, 0.717) is 12.2 Å². The molecule has 25 heavy (non-hydrogen) atoms. The van der Waals surface area contributed by atoms with E-state index < -0.39 is 11.9 Å². The second kappa shape index (κ2) is 7.09. The van der Waals surface area contributed by atoms with Gasteiger partial charge >= 0.3 is 5.97 Å². The minimum absolute atomic E-state index is 0.197. The second-order valence-corrected chi connectivity index (χ2v) is 6.65. The number of likely N-dealkylation sites (tertiary alicyclic amines) is 1. The van der Waals surface area contributed by atoms with E-state index in [1.807, 2.05) is 31.2 Å². The Morgan fingerprint density at radius 2 is 2.08 bits per heavy atom. The fourth-order valence-electron chi connectivity index (χ4n) is 3.57. The zero-order chi connectivity index (χ0) is 18.0. The third kappa shape index (κ3) is 3.43. The summed E-state index contributed by atoms with van der Waals surface area (Å²) in [4.78, 5) is 26.1. The molecule has 0 aliphatic carbocycles. The zero-order valence-electron chi connectivity index (χ0n) is 14.5. The molecule has 0 radical (unpaired) electrons. The van der Waals surface area contributed by atoms with E-state index in [2.05, 4.69) is 17.1 Å². The standard InChI is InChI=1S/C19H23N3O3/c1-3-6-13-9-17(21-20-13)18(23)22-10-15(16(11-22)19(24)25)14-8-5-4-7-12(14)2/h4-5,7-9,15-16H,3,6,10-11H2,1-2H3,(H,20,21)(H,24,25)/t15-,16+/m0/s1. The average Bonchev–Trinajstić information content (AvgIpc) is 3.22. The highest BCUT2D eigenvalue weighted by molar-refractivity contribution is 5.93. The summed E-state index contributed by atoms with van der Waals surface area (Å²) >= 11 is 0. The number of H-pyrrole nitrogens is 1. The van der Waals surface area contributed by atoms with Gasteiger partial charge in [-0.15, -0.1) is 0 Å². The predicted octanol–water partition coefficient (Wildman–Crippen LogP) is 2.61. The molecule has 2 atom stereocenters. The number of carbonyl (C=O) groups is 2. The number of aliphatic carboxylic acids is 1. The first-order chi connectivity index (χ1) is 12.0. The number of aromatic amines is 1. The molecule has 2 aromatic rings. The van der Waals surface area contributed by atoms with Crippen molar-refractivity contribution in [2.75, 3.05) is 13.1 Å². The third-order valence-corrected chi connectivity index (χ3v) is 4.88. The fourth-order valence-corrected chi connectivity index (χ4v) is 3.57. The second-order valence-electron chi connectivity index (χ2n) is 6.65. The monoisotopic (exact) mass is 341 g/mol. The molecule has 1 aliphatic heterocycles. The SMILES string of the molecule is CCCc1cc(C(=O)N2C[C@@H](C(=O)O)[C@H](c3ccccc3C)C2)n[nH]1. The van der Waals surface area contributed by atoms with Crippen LogP contribution in [0.1, 0.15) is 46.6 Å². The van der Waals surface area contributed by atoms with Crippen LogP contribution in [-0.4, -0.2) is 45.2 Å². The Labute approximate surface area is 146 Å². The molecule has 0 saturated carbocycles. The lowest BCUT2D eigenvalue weighted by Gasteiger charge is -2.17. The maximum atomic E-state index is 12.7. The number of benzene rings is 1. The number of nitrogens with zero attached hydrogens (tertiary/aromatic N) is 2. The van der Waals surface area contributed by atoms with Crippen LogP contribution in [0.25, 0.3) is 0 Å². The lowest BCUT2D eigenvalue weighted by Crippen LogP contribution is -2.30. The van der Waals surface area contributed by atoms with Gasteiger partial charge in [0.05, 0.1) is 5.92 Å². The predicted molar refractivity (Wildman–Crippen MR) is 93.5 cm³/mol. The van der Waals surface area contributed by atoms with Crippen LogP contribution in [0.3, 0.4) is 0 Å². The van der Waals surface area contributed by atoms with Crippen LogP contribution in [-0.2, 0) is 11.2 Å². The van der Waals surface area contributed by atoms with Crippen LogP contribution in [0.4, 0.5) is 0 Å². The molecule has 0 spiro atoms. The first-order valence-electron chi connectivity index (χ1n) is 8.63. The summed E-state index contributed by atoms with van der Waals surface area (Å²) in [6, 6.07) is 9.55. The van der Waals surface area contributed by atoms with Gasteiger partial charge in [0, 0.05) is 24.7 Å². The van der Waals surface area contributed by atoms with Crippen molar-refractivity contribution in [1.29, 1.82) is 0 Å². The molecule has 2 N–H and O–H groups in total. The van der Waals surface area contributed by atoms with Crippen LogP contribution >= 0.6 is 0 Å². The molecule has 132 valence electrons. The van der Waals surface area contributed by atoms with Crippen LogP contribution in [0.2, 0.25) is 0 Å². The first-order valence-corrected chi connectivity index (χ1v) is 8.63. The Bertz CT molecular complexity index is 784. The zero-order valence-corrected chi connectivity index (χ0v) is 14.5. The molecule has 3 rings (SSSR count). The average molecular weight is 341 g/mol. The highest BCUT2D eigenvalue weighted by atomic mass is 16.4. The summed E-state index contributed by atoms with van der Waals surface area (Å²) in [5.41, 5.74) is 3.34. The summed E-state index contributed by atoms with van der Waals surface area (Å²) in [6.45, 7) is 4.65. The minimum Gasteiger partial charge on any atom is -0.481 e. The molecular formula is C19H23N3O3. The van der Waals surface area contributed by atoms with Crippen molar-refractivity contribution in [3.63, 3.8) is 0 Å². The number of amides is 1. The molecule has 2 heterocycles. The highest BCUT2D eigenvalue weighted by Crippen LogP contribution is 2.35. The number of hydrogen-bond donors (Lipinski definition) is 2. The number of carboxylic acids is 1. The maximum absolute atomic E-state index is 12.7. The molecule has 0 bridgehead atoms. The molecule has 6 nitrogen and oxygen atoms in total. The van der Waals surface area contributed by atoms with E-state index in [0.717, 1.165) is 29.7 Å². The van der Waals surface area contributed by atoms with E-state index in [1.165, 1.54) is 0 Å². The summed E-state index contributed by atoms with van der Waals surface area (Å²) in [5.74, 6) is -1.87. The summed E-state index contributed by atoms with van der Waals surface area (Å²) in [5, 5.41) is 16.6. The number of hydrogen-bond acceptors (Lipinski definition) is 3. The van der Waals surface area contributed by atoms with Crippen LogP contribution in [0.5, 0.6) is 0 Å². The van der Waals surface area contributed by atoms with Crippen molar-refractivity contribution < 1.29 is 14.7 Å². The molecule has 1 aromatic heterocycles. The van der Waals surface area contributed by atoms with Crippen LogP contribution < -0.4 is 0 Å². The van der Waals surface area contributed by atoms with Gasteiger partial charge in [-0.1, -0.05) is 37.6 Å². The Balaban J connectivity index is 1.83. The van der Waals surface area contributed by atoms with Gasteiger partial charge < -0.3 is 10.0 Å². The quantitative estimate of drug-likeness (QED) is 0.875. The van der Waals surface area contributed by atoms with Gasteiger partial charge in [0.1, 0.15) is 5.69 Å². The van der Waals surface area contributed by atoms with E-state index in [4.69, 9.17) is 0 Å². The largest absolute Gasteiger partial charge is 0.481 e. The van der Waals surface area contributed by atoms with Gasteiger partial charge in [-0.05, 0) is 30.5 Å². The van der Waals surface area contributed by atoms with Crippen molar-refractivity contribution in [3.8, 4) is 0 Å².